The van der Waals surface area contributed by atoms with Gasteiger partial charge in [-0.15, -0.1) is 0 Å². The van der Waals surface area contributed by atoms with Crippen LogP contribution in [-0.4, -0.2) is 33.9 Å². The number of nitrogens with zero attached hydrogens (tertiary/aromatic N) is 3. The van der Waals surface area contributed by atoms with Crippen LogP contribution < -0.4 is 5.32 Å². The van der Waals surface area contributed by atoms with Crippen molar-refractivity contribution in [3.05, 3.63) is 46.7 Å². The molecule has 1 aliphatic rings. The van der Waals surface area contributed by atoms with Crippen LogP contribution in [-0.2, 0) is 0 Å². The van der Waals surface area contributed by atoms with Crippen LogP contribution >= 0.6 is 11.6 Å². The normalized spacial score (nSPS) is 17.6. The number of hydrogen-bond donors (Lipinski definition) is 1. The molecule has 0 aliphatic carbocycles. The molecule has 1 aliphatic heterocycles. The molecule has 6 heteroatoms. The zero-order valence-electron chi connectivity index (χ0n) is 13.9. The lowest BCUT2D eigenvalue weighted by Gasteiger charge is -2.30. The summed E-state index contributed by atoms with van der Waals surface area (Å²) < 4.78 is 0. The van der Waals surface area contributed by atoms with Gasteiger partial charge in [0.25, 0.3) is 5.91 Å². The second-order valence-electron chi connectivity index (χ2n) is 6.35. The van der Waals surface area contributed by atoms with Crippen LogP contribution in [0.2, 0.25) is 5.02 Å². The fourth-order valence-electron chi connectivity index (χ4n) is 2.93. The number of aromatic nitrogens is 2. The van der Waals surface area contributed by atoms with Crippen molar-refractivity contribution < 1.29 is 4.79 Å². The first kappa shape index (κ1) is 16.7. The van der Waals surface area contributed by atoms with Crippen LogP contribution in [0.1, 0.15) is 35.9 Å². The summed E-state index contributed by atoms with van der Waals surface area (Å²) in [7, 11) is 0. The monoisotopic (exact) mass is 344 g/mol. The number of hydrogen-bond acceptors (Lipinski definition) is 4. The van der Waals surface area contributed by atoms with Crippen LogP contribution in [0.3, 0.4) is 0 Å². The maximum Gasteiger partial charge on any atom is 0.272 e. The lowest BCUT2D eigenvalue weighted by atomic mass is 10.00. The number of halogens is 1. The lowest BCUT2D eigenvalue weighted by molar-refractivity contribution is 0.0677. The van der Waals surface area contributed by atoms with Crippen molar-refractivity contribution in [2.24, 2.45) is 5.92 Å². The molecular weight excluding hydrogens is 324 g/mol. The Labute approximate surface area is 147 Å². The first-order valence-electron chi connectivity index (χ1n) is 8.19. The third-order valence-corrected chi connectivity index (χ3v) is 4.37. The first-order chi connectivity index (χ1) is 11.5. The lowest BCUT2D eigenvalue weighted by Crippen LogP contribution is -2.39. The van der Waals surface area contributed by atoms with E-state index < -0.39 is 0 Å². The van der Waals surface area contributed by atoms with Crippen molar-refractivity contribution in [1.82, 2.24) is 14.9 Å². The number of aryl methyl sites for hydroxylation is 1. The van der Waals surface area contributed by atoms with E-state index in [4.69, 9.17) is 11.6 Å². The molecule has 126 valence electrons. The number of piperidine rings is 1. The molecular formula is C18H21ClN4O. The number of nitrogens with one attached hydrogen (secondary N) is 1. The second kappa shape index (κ2) is 7.18. The van der Waals surface area contributed by atoms with Crippen molar-refractivity contribution in [2.45, 2.75) is 26.7 Å². The van der Waals surface area contributed by atoms with E-state index in [9.17, 15) is 4.79 Å². The minimum atomic E-state index is -0.0220. The molecule has 1 saturated heterocycles. The molecule has 2 heterocycles. The molecule has 1 aromatic heterocycles. The highest BCUT2D eigenvalue weighted by molar-refractivity contribution is 6.30. The molecule has 1 atom stereocenters. The van der Waals surface area contributed by atoms with Crippen molar-refractivity contribution in [2.75, 3.05) is 18.4 Å². The Morgan fingerprint density at radius 2 is 2.04 bits per heavy atom. The Bertz CT molecular complexity index is 732. The van der Waals surface area contributed by atoms with E-state index in [0.717, 1.165) is 30.9 Å². The molecule has 24 heavy (non-hydrogen) atoms. The van der Waals surface area contributed by atoms with Gasteiger partial charge in [0.2, 0.25) is 5.95 Å². The van der Waals surface area contributed by atoms with Gasteiger partial charge in [0, 0.05) is 29.5 Å². The van der Waals surface area contributed by atoms with Gasteiger partial charge >= 0.3 is 0 Å². The number of benzene rings is 1. The number of amides is 1. The van der Waals surface area contributed by atoms with E-state index in [2.05, 4.69) is 22.2 Å². The molecule has 1 amide bonds. The minimum absolute atomic E-state index is 0.0220. The molecule has 0 radical (unpaired) electrons. The molecule has 3 rings (SSSR count). The van der Waals surface area contributed by atoms with E-state index in [1.807, 2.05) is 24.0 Å². The van der Waals surface area contributed by atoms with Gasteiger partial charge in [0.15, 0.2) is 0 Å². The van der Waals surface area contributed by atoms with Gasteiger partial charge in [-0.25, -0.2) is 9.97 Å². The standard InChI is InChI=1S/C18H21ClN4O/c1-12-4-3-9-23(11-12)17(24)16-10-13(2)20-18(22-16)21-15-7-5-14(19)6-8-15/h5-8,10,12H,3-4,9,11H2,1-2H3,(H,20,21,22). The summed E-state index contributed by atoms with van der Waals surface area (Å²) in [6.45, 7) is 5.64. The third-order valence-electron chi connectivity index (χ3n) is 4.12. The second-order valence-corrected chi connectivity index (χ2v) is 6.79. The third kappa shape index (κ3) is 4.03. The van der Waals surface area contributed by atoms with Crippen molar-refractivity contribution >= 4 is 29.1 Å². The maximum atomic E-state index is 12.7. The number of likely N-dealkylation sites (tertiary alicyclic amines) is 1. The van der Waals surface area contributed by atoms with E-state index >= 15 is 0 Å². The molecule has 0 bridgehead atoms. The molecule has 1 unspecified atom stereocenters. The van der Waals surface area contributed by atoms with Gasteiger partial charge in [0.1, 0.15) is 5.69 Å². The minimum Gasteiger partial charge on any atom is -0.337 e. The molecule has 0 saturated carbocycles. The average Bonchev–Trinajstić information content (AvgIpc) is 2.56. The summed E-state index contributed by atoms with van der Waals surface area (Å²) in [5.41, 5.74) is 2.03. The SMILES string of the molecule is Cc1cc(C(=O)N2CCCC(C)C2)nc(Nc2ccc(Cl)cc2)n1. The molecule has 2 aromatic rings. The van der Waals surface area contributed by atoms with Gasteiger partial charge in [0.05, 0.1) is 0 Å². The molecule has 0 spiro atoms. The average molecular weight is 345 g/mol. The fraction of sp³-hybridized carbons (Fsp3) is 0.389. The van der Waals surface area contributed by atoms with Gasteiger partial charge < -0.3 is 10.2 Å². The molecule has 1 N–H and O–H groups in total. The summed E-state index contributed by atoms with van der Waals surface area (Å²) in [5.74, 6) is 0.939. The van der Waals surface area contributed by atoms with Gasteiger partial charge in [-0.3, -0.25) is 4.79 Å². The van der Waals surface area contributed by atoms with Crippen molar-refractivity contribution in [3.63, 3.8) is 0 Å². The first-order valence-corrected chi connectivity index (χ1v) is 8.56. The number of rotatable bonds is 3. The number of carbonyl (C=O) groups is 1. The Morgan fingerprint density at radius 1 is 1.29 bits per heavy atom. The zero-order valence-corrected chi connectivity index (χ0v) is 14.7. The van der Waals surface area contributed by atoms with Crippen molar-refractivity contribution in [3.8, 4) is 0 Å². The van der Waals surface area contributed by atoms with E-state index in [0.29, 0.717) is 22.6 Å². The highest BCUT2D eigenvalue weighted by Gasteiger charge is 2.23. The van der Waals surface area contributed by atoms with Crippen LogP contribution in [0.5, 0.6) is 0 Å². The van der Waals surface area contributed by atoms with E-state index in [1.165, 1.54) is 6.42 Å². The highest BCUT2D eigenvalue weighted by atomic mass is 35.5. The Kier molecular flexibility index (Phi) is 5.00. The predicted molar refractivity (Wildman–Crippen MR) is 95.8 cm³/mol. The topological polar surface area (TPSA) is 58.1 Å². The van der Waals surface area contributed by atoms with Crippen LogP contribution in [0.15, 0.2) is 30.3 Å². The van der Waals surface area contributed by atoms with Crippen LogP contribution in [0.25, 0.3) is 0 Å². The Morgan fingerprint density at radius 3 is 2.75 bits per heavy atom. The zero-order chi connectivity index (χ0) is 17.1. The van der Waals surface area contributed by atoms with Gasteiger partial charge in [-0.2, -0.15) is 0 Å². The van der Waals surface area contributed by atoms with Crippen LogP contribution in [0.4, 0.5) is 11.6 Å². The smallest absolute Gasteiger partial charge is 0.272 e. The van der Waals surface area contributed by atoms with E-state index in [-0.39, 0.29) is 5.91 Å². The maximum absolute atomic E-state index is 12.7. The molecule has 5 nitrogen and oxygen atoms in total. The Hall–Kier alpha value is -2.14. The van der Waals surface area contributed by atoms with Crippen molar-refractivity contribution in [1.29, 1.82) is 0 Å². The fourth-order valence-corrected chi connectivity index (χ4v) is 3.06. The number of anilines is 2. The summed E-state index contributed by atoms with van der Waals surface area (Å²) in [4.78, 5) is 23.4. The largest absolute Gasteiger partial charge is 0.337 e. The summed E-state index contributed by atoms with van der Waals surface area (Å²) in [5, 5.41) is 3.79. The highest BCUT2D eigenvalue weighted by Crippen LogP contribution is 2.20. The summed E-state index contributed by atoms with van der Waals surface area (Å²) >= 11 is 5.90. The van der Waals surface area contributed by atoms with Gasteiger partial charge in [-0.1, -0.05) is 18.5 Å². The van der Waals surface area contributed by atoms with E-state index in [1.54, 1.807) is 18.2 Å². The molecule has 1 fully saturated rings. The Balaban J connectivity index is 1.80. The van der Waals surface area contributed by atoms with Gasteiger partial charge in [-0.05, 0) is 56.0 Å². The van der Waals surface area contributed by atoms with Crippen LogP contribution in [0, 0.1) is 12.8 Å². The number of carbonyl (C=O) groups excluding carboxylic acids is 1. The summed E-state index contributed by atoms with van der Waals surface area (Å²) in [6.07, 6.45) is 2.23. The molecule has 1 aromatic carbocycles. The predicted octanol–water partition coefficient (Wildman–Crippen LogP) is 4.05. The quantitative estimate of drug-likeness (QED) is 0.912. The summed E-state index contributed by atoms with van der Waals surface area (Å²) in [6, 6.07) is 9.03.